The largest absolute Gasteiger partial charge is 0.496 e. The average molecular weight is 407 g/mol. The van der Waals surface area contributed by atoms with Crippen molar-refractivity contribution in [3.63, 3.8) is 0 Å². The fourth-order valence-corrected chi connectivity index (χ4v) is 2.94. The minimum atomic E-state index is -0.469. The molecule has 0 atom stereocenters. The Bertz CT molecular complexity index is 1120. The summed E-state index contributed by atoms with van der Waals surface area (Å²) in [6.07, 6.45) is 4.72. The Kier molecular flexibility index (Phi) is 6.26. The van der Waals surface area contributed by atoms with Crippen LogP contribution in [0.25, 0.3) is 6.08 Å². The first-order chi connectivity index (χ1) is 14.4. The number of hydrogen-bond donors (Lipinski definition) is 0. The zero-order valence-corrected chi connectivity index (χ0v) is 16.9. The van der Waals surface area contributed by atoms with Gasteiger partial charge in [0, 0.05) is 24.9 Å². The first kappa shape index (κ1) is 20.8. The molecule has 0 aliphatic carbocycles. The van der Waals surface area contributed by atoms with Crippen molar-refractivity contribution in [2.24, 2.45) is 7.05 Å². The number of carbonyl (C=O) groups is 1. The summed E-state index contributed by atoms with van der Waals surface area (Å²) in [5, 5.41) is 15.3. The summed E-state index contributed by atoms with van der Waals surface area (Å²) in [7, 11) is 3.24. The minimum absolute atomic E-state index is 0.0738. The topological polar surface area (TPSA) is 96.5 Å². The Labute approximate surface area is 173 Å². The Balaban J connectivity index is 1.80. The van der Waals surface area contributed by atoms with Crippen LogP contribution in [0.1, 0.15) is 27.2 Å². The summed E-state index contributed by atoms with van der Waals surface area (Å²) < 4.78 is 12.6. The number of aromatic nitrogens is 2. The van der Waals surface area contributed by atoms with Gasteiger partial charge < -0.3 is 9.47 Å². The van der Waals surface area contributed by atoms with Crippen LogP contribution in [0.15, 0.2) is 54.7 Å². The van der Waals surface area contributed by atoms with Gasteiger partial charge in [-0.3, -0.25) is 19.6 Å². The summed E-state index contributed by atoms with van der Waals surface area (Å²) in [5.41, 5.74) is 2.63. The number of hydrogen-bond acceptors (Lipinski definition) is 6. The third kappa shape index (κ3) is 4.72. The molecule has 0 amide bonds. The van der Waals surface area contributed by atoms with E-state index in [1.807, 2.05) is 12.1 Å². The fourth-order valence-electron chi connectivity index (χ4n) is 2.94. The van der Waals surface area contributed by atoms with Crippen LogP contribution in [0.5, 0.6) is 11.5 Å². The van der Waals surface area contributed by atoms with Crippen LogP contribution in [0, 0.1) is 17.0 Å². The van der Waals surface area contributed by atoms with Crippen molar-refractivity contribution in [1.29, 1.82) is 0 Å². The van der Waals surface area contributed by atoms with Gasteiger partial charge in [-0.15, -0.1) is 0 Å². The van der Waals surface area contributed by atoms with Gasteiger partial charge in [0.2, 0.25) is 5.78 Å². The monoisotopic (exact) mass is 407 g/mol. The van der Waals surface area contributed by atoms with Crippen LogP contribution in [0.4, 0.5) is 5.69 Å². The van der Waals surface area contributed by atoms with E-state index >= 15 is 0 Å². The molecule has 0 aliphatic heterocycles. The molecule has 2 aromatic carbocycles. The molecule has 154 valence electrons. The number of ether oxygens (including phenoxy) is 2. The molecule has 0 radical (unpaired) electrons. The Morgan fingerprint density at radius 1 is 1.20 bits per heavy atom. The lowest BCUT2D eigenvalue weighted by Gasteiger charge is -2.12. The summed E-state index contributed by atoms with van der Waals surface area (Å²) in [6.45, 7) is 1.85. The van der Waals surface area contributed by atoms with E-state index in [0.717, 1.165) is 11.1 Å². The molecule has 3 aromatic rings. The molecule has 3 rings (SSSR count). The molecule has 0 spiro atoms. The predicted molar refractivity (Wildman–Crippen MR) is 112 cm³/mol. The molecule has 0 N–H and O–H groups in total. The van der Waals surface area contributed by atoms with E-state index in [-0.39, 0.29) is 23.8 Å². The molecule has 0 unspecified atom stereocenters. The van der Waals surface area contributed by atoms with Crippen LogP contribution < -0.4 is 9.47 Å². The lowest BCUT2D eigenvalue weighted by molar-refractivity contribution is -0.386. The van der Waals surface area contributed by atoms with Gasteiger partial charge in [-0.25, -0.2) is 0 Å². The van der Waals surface area contributed by atoms with E-state index in [9.17, 15) is 14.9 Å². The van der Waals surface area contributed by atoms with Crippen molar-refractivity contribution < 1.29 is 19.2 Å². The molecule has 1 aromatic heterocycles. The number of nitro benzene ring substituents is 1. The van der Waals surface area contributed by atoms with Gasteiger partial charge in [-0.05, 0) is 48.4 Å². The van der Waals surface area contributed by atoms with Crippen molar-refractivity contribution in [3.05, 3.63) is 87.2 Å². The van der Waals surface area contributed by atoms with E-state index < -0.39 is 4.92 Å². The SMILES string of the molecule is COc1ccc(/C=C/C(=O)c2ccnn2C)cc1COc1ccc(C)cc1[N+](=O)[O-]. The maximum Gasteiger partial charge on any atom is 0.311 e. The normalized spacial score (nSPS) is 10.9. The van der Waals surface area contributed by atoms with Crippen LogP contribution in [-0.2, 0) is 13.7 Å². The van der Waals surface area contributed by atoms with E-state index in [1.165, 1.54) is 23.9 Å². The third-order valence-corrected chi connectivity index (χ3v) is 4.50. The van der Waals surface area contributed by atoms with Gasteiger partial charge in [-0.2, -0.15) is 5.10 Å². The van der Waals surface area contributed by atoms with Gasteiger partial charge >= 0.3 is 5.69 Å². The van der Waals surface area contributed by atoms with Crippen molar-refractivity contribution in [2.75, 3.05) is 7.11 Å². The molecule has 0 aliphatic rings. The standard InChI is InChI=1S/C22H21N3O5/c1-15-4-8-22(19(12-15)25(27)28)30-14-17-13-16(6-9-21(17)29-3)5-7-20(26)18-10-11-23-24(18)2/h4-13H,14H2,1-3H3/b7-5+. The Morgan fingerprint density at radius 3 is 2.63 bits per heavy atom. The highest BCUT2D eigenvalue weighted by Gasteiger charge is 2.16. The first-order valence-corrected chi connectivity index (χ1v) is 9.14. The average Bonchev–Trinajstić information content (AvgIpc) is 3.17. The summed E-state index contributed by atoms with van der Waals surface area (Å²) in [5.74, 6) is 0.596. The molecule has 0 saturated carbocycles. The van der Waals surface area contributed by atoms with Gasteiger partial charge in [-0.1, -0.05) is 18.2 Å². The molecule has 8 nitrogen and oxygen atoms in total. The summed E-state index contributed by atoms with van der Waals surface area (Å²) in [6, 6.07) is 11.8. The second-order valence-corrected chi connectivity index (χ2v) is 6.63. The number of benzene rings is 2. The summed E-state index contributed by atoms with van der Waals surface area (Å²) >= 11 is 0. The number of allylic oxidation sites excluding steroid dienone is 1. The highest BCUT2D eigenvalue weighted by Crippen LogP contribution is 2.30. The zero-order chi connectivity index (χ0) is 21.7. The predicted octanol–water partition coefficient (Wildman–Crippen LogP) is 4.12. The van der Waals surface area contributed by atoms with Crippen molar-refractivity contribution >= 4 is 17.5 Å². The smallest absolute Gasteiger partial charge is 0.311 e. The van der Waals surface area contributed by atoms with Crippen LogP contribution in [0.2, 0.25) is 0 Å². The van der Waals surface area contributed by atoms with Crippen LogP contribution >= 0.6 is 0 Å². The minimum Gasteiger partial charge on any atom is -0.496 e. The molecule has 8 heteroatoms. The second-order valence-electron chi connectivity index (χ2n) is 6.63. The van der Waals surface area contributed by atoms with Gasteiger partial charge in [0.05, 0.1) is 12.0 Å². The maximum atomic E-state index is 12.3. The van der Waals surface area contributed by atoms with Crippen molar-refractivity contribution in [2.45, 2.75) is 13.5 Å². The number of nitrogens with zero attached hydrogens (tertiary/aromatic N) is 3. The van der Waals surface area contributed by atoms with Crippen LogP contribution in [-0.4, -0.2) is 27.6 Å². The lowest BCUT2D eigenvalue weighted by Crippen LogP contribution is -2.04. The first-order valence-electron chi connectivity index (χ1n) is 9.14. The molecule has 1 heterocycles. The van der Waals surface area contributed by atoms with E-state index in [2.05, 4.69) is 5.10 Å². The van der Waals surface area contributed by atoms with Crippen molar-refractivity contribution in [3.8, 4) is 11.5 Å². The molecule has 0 bridgehead atoms. The molecule has 30 heavy (non-hydrogen) atoms. The lowest BCUT2D eigenvalue weighted by atomic mass is 10.1. The van der Waals surface area contributed by atoms with Gasteiger partial charge in [0.25, 0.3) is 0 Å². The quantitative estimate of drug-likeness (QED) is 0.241. The Hall–Kier alpha value is -3.94. The highest BCUT2D eigenvalue weighted by molar-refractivity contribution is 6.05. The molecular weight excluding hydrogens is 386 g/mol. The number of nitro groups is 1. The number of rotatable bonds is 8. The van der Waals surface area contributed by atoms with E-state index in [0.29, 0.717) is 17.0 Å². The number of ketones is 1. The highest BCUT2D eigenvalue weighted by atomic mass is 16.6. The molecular formula is C22H21N3O5. The van der Waals surface area contributed by atoms with Crippen LogP contribution in [0.3, 0.4) is 0 Å². The number of aryl methyl sites for hydroxylation is 2. The van der Waals surface area contributed by atoms with E-state index in [4.69, 9.17) is 9.47 Å². The second kappa shape index (κ2) is 9.04. The fraction of sp³-hybridized carbons (Fsp3) is 0.182. The molecule has 0 fully saturated rings. The van der Waals surface area contributed by atoms with E-state index in [1.54, 1.807) is 50.5 Å². The maximum absolute atomic E-state index is 12.3. The third-order valence-electron chi connectivity index (χ3n) is 4.50. The molecule has 0 saturated heterocycles. The Morgan fingerprint density at radius 2 is 1.97 bits per heavy atom. The summed E-state index contributed by atoms with van der Waals surface area (Å²) in [4.78, 5) is 23.1. The van der Waals surface area contributed by atoms with Gasteiger partial charge in [0.1, 0.15) is 18.1 Å². The number of methoxy groups -OCH3 is 1. The number of carbonyl (C=O) groups excluding carboxylic acids is 1. The van der Waals surface area contributed by atoms with Crippen molar-refractivity contribution in [1.82, 2.24) is 9.78 Å². The van der Waals surface area contributed by atoms with Gasteiger partial charge in [0.15, 0.2) is 5.75 Å². The zero-order valence-electron chi connectivity index (χ0n) is 16.9.